The van der Waals surface area contributed by atoms with Crippen LogP contribution in [-0.2, 0) is 5.41 Å². The second-order valence-corrected chi connectivity index (χ2v) is 25.3. The lowest BCUT2D eigenvalue weighted by Gasteiger charge is -2.22. The van der Waals surface area contributed by atoms with Gasteiger partial charge in [0.2, 0.25) is 0 Å². The molecular weight excluding hydrogens is 603 g/mol. The van der Waals surface area contributed by atoms with Gasteiger partial charge in [0.25, 0.3) is 0 Å². The van der Waals surface area contributed by atoms with Crippen molar-refractivity contribution < 1.29 is 5.48 Å². The average Bonchev–Trinajstić information content (AvgIpc) is 3.32. The summed E-state index contributed by atoms with van der Waals surface area (Å²) in [5.74, 6) is 0.966. The fourth-order valence-corrected chi connectivity index (χ4v) is 8.75. The number of hydrogen-bond acceptors (Lipinski definition) is 3. The van der Waals surface area contributed by atoms with Gasteiger partial charge in [-0.05, 0) is 39.4 Å². The predicted octanol–water partition coefficient (Wildman–Crippen LogP) is 9.94. The van der Waals surface area contributed by atoms with Crippen LogP contribution in [0.2, 0.25) is 39.3 Å². The summed E-state index contributed by atoms with van der Waals surface area (Å²) in [6.07, 6.45) is 0. The topological polar surface area (TPSA) is 38.7 Å². The van der Waals surface area contributed by atoms with Gasteiger partial charge in [-0.2, -0.15) is 0 Å². The van der Waals surface area contributed by atoms with Gasteiger partial charge in [0, 0.05) is 22.1 Å². The van der Waals surface area contributed by atoms with Crippen LogP contribution in [0.5, 0.6) is 0 Å². The summed E-state index contributed by atoms with van der Waals surface area (Å²) in [6.45, 7) is 18.2. The average molecular weight is 650 g/mol. The molecule has 0 radical (unpaired) electrons. The minimum atomic E-state index is -1.54. The molecule has 0 fully saturated rings. The lowest BCUT2D eigenvalue weighted by Crippen LogP contribution is -2.37. The van der Waals surface area contributed by atoms with Crippen molar-refractivity contribution in [1.82, 2.24) is 15.0 Å². The van der Waals surface area contributed by atoms with E-state index in [9.17, 15) is 5.48 Å². The van der Waals surface area contributed by atoms with Crippen molar-refractivity contribution >= 4 is 26.5 Å². The van der Waals surface area contributed by atoms with Crippen molar-refractivity contribution in [1.29, 1.82) is 0 Å². The summed E-state index contributed by atoms with van der Waals surface area (Å²) in [5.41, 5.74) is 6.97. The fraction of sp³-hybridized carbons (Fsp3) is 0.214. The molecule has 1 aliphatic carbocycles. The number of nitrogens with zero attached hydrogens (tertiary/aromatic N) is 3. The summed E-state index contributed by atoms with van der Waals surface area (Å²) in [7, 11) is -3.08. The van der Waals surface area contributed by atoms with Gasteiger partial charge in [0.15, 0.2) is 17.5 Å². The second-order valence-electron chi connectivity index (χ2n) is 15.1. The first-order valence-electron chi connectivity index (χ1n) is 18.3. The molecule has 5 aromatic carbocycles. The highest BCUT2D eigenvalue weighted by Gasteiger charge is 2.35. The maximum absolute atomic E-state index is 9.26. The normalized spacial score (nSPS) is 14.9. The van der Waals surface area contributed by atoms with Crippen LogP contribution in [0.3, 0.4) is 0 Å². The third kappa shape index (κ3) is 5.83. The van der Waals surface area contributed by atoms with Crippen LogP contribution >= 0.6 is 0 Å². The first-order valence-corrected chi connectivity index (χ1v) is 23.3. The zero-order valence-electron chi connectivity index (χ0n) is 32.5. The van der Waals surface area contributed by atoms with E-state index in [4.69, 9.17) is 15.0 Å². The smallest absolute Gasteiger partial charge is 0.164 e. The van der Waals surface area contributed by atoms with Crippen LogP contribution in [0.15, 0.2) is 115 Å². The number of benzene rings is 5. The number of rotatable bonds is 6. The molecule has 234 valence electrons. The van der Waals surface area contributed by atoms with Crippen molar-refractivity contribution in [3.05, 3.63) is 126 Å². The molecule has 0 unspecified atom stereocenters. The van der Waals surface area contributed by atoms with Crippen molar-refractivity contribution in [2.75, 3.05) is 0 Å². The number of aromatic nitrogens is 3. The Hall–Kier alpha value is -4.46. The first kappa shape index (κ1) is 26.6. The number of hydrogen-bond donors (Lipinski definition) is 0. The molecule has 0 bridgehead atoms. The molecule has 1 aromatic heterocycles. The lowest BCUT2D eigenvalue weighted by atomic mass is 9.81. The van der Waals surface area contributed by atoms with Gasteiger partial charge in [0.05, 0.1) is 21.6 Å². The Kier molecular flexibility index (Phi) is 6.43. The molecule has 5 heteroatoms. The van der Waals surface area contributed by atoms with Gasteiger partial charge in [0.1, 0.15) is 0 Å². The third-order valence-corrected chi connectivity index (χ3v) is 13.5. The molecule has 6 aromatic rings. The molecule has 1 aliphatic rings. The molecule has 47 heavy (non-hydrogen) atoms. The molecule has 7 rings (SSSR count). The van der Waals surface area contributed by atoms with E-state index in [2.05, 4.69) is 95.6 Å². The Morgan fingerprint density at radius 3 is 1.40 bits per heavy atom. The highest BCUT2D eigenvalue weighted by atomic mass is 28.3. The molecule has 0 saturated heterocycles. The van der Waals surface area contributed by atoms with Crippen LogP contribution in [0.4, 0.5) is 0 Å². The van der Waals surface area contributed by atoms with Crippen molar-refractivity contribution in [3.63, 3.8) is 0 Å². The van der Waals surface area contributed by atoms with Gasteiger partial charge in [-0.25, -0.2) is 15.0 Å². The van der Waals surface area contributed by atoms with Crippen LogP contribution in [0.25, 0.3) is 56.4 Å². The van der Waals surface area contributed by atoms with Gasteiger partial charge in [-0.15, -0.1) is 0 Å². The van der Waals surface area contributed by atoms with E-state index >= 15 is 0 Å². The summed E-state index contributed by atoms with van der Waals surface area (Å²) < 4.78 is 37.0. The molecule has 0 spiro atoms. The third-order valence-electron chi connectivity index (χ3n) is 9.37. The van der Waals surface area contributed by atoms with Gasteiger partial charge in [-0.3, -0.25) is 0 Å². The fourth-order valence-electron chi connectivity index (χ4n) is 6.41. The van der Waals surface area contributed by atoms with Crippen molar-refractivity contribution in [3.8, 4) is 56.4 Å². The standard InChI is InChI=1S/C42H43N3Si2/c1-42(2)37-12-10-9-11-35(37)36-26-21-32(27-38(36)42)28-13-15-29(16-14-28)39-43-40(30-17-22-33(23-18-30)46(3,4)5)45-41(44-39)31-19-24-34(25-20-31)47(6,7)8/h9-27H,1-8H3/i13D,14D,15D,16D. The van der Waals surface area contributed by atoms with E-state index in [0.717, 1.165) is 22.3 Å². The molecule has 3 nitrogen and oxygen atoms in total. The predicted molar refractivity (Wildman–Crippen MR) is 205 cm³/mol. The molecular formula is C42H43N3Si2. The Bertz CT molecular complexity index is 2240. The van der Waals surface area contributed by atoms with Gasteiger partial charge in [-0.1, -0.05) is 173 Å². The van der Waals surface area contributed by atoms with Crippen LogP contribution < -0.4 is 10.4 Å². The minimum absolute atomic E-state index is 0.0602. The number of fused-ring (bicyclic) bond motifs is 3. The van der Waals surface area contributed by atoms with Crippen LogP contribution in [0, 0.1) is 0 Å². The highest BCUT2D eigenvalue weighted by molar-refractivity contribution is 6.89. The zero-order valence-corrected chi connectivity index (χ0v) is 30.5. The summed E-state index contributed by atoms with van der Waals surface area (Å²) in [6, 6.07) is 30.4. The maximum Gasteiger partial charge on any atom is 0.164 e. The minimum Gasteiger partial charge on any atom is -0.208 e. The highest BCUT2D eigenvalue weighted by Crippen LogP contribution is 2.49. The molecule has 0 saturated carbocycles. The Balaban J connectivity index is 1.39. The molecule has 0 N–H and O–H groups in total. The van der Waals surface area contributed by atoms with Crippen LogP contribution in [0.1, 0.15) is 30.5 Å². The first-order chi connectivity index (χ1) is 24.0. The molecule has 1 heterocycles. The summed E-state index contributed by atoms with van der Waals surface area (Å²) in [4.78, 5) is 14.6. The van der Waals surface area contributed by atoms with Gasteiger partial charge < -0.3 is 0 Å². The Morgan fingerprint density at radius 1 is 0.468 bits per heavy atom. The monoisotopic (exact) mass is 649 g/mol. The maximum atomic E-state index is 9.26. The van der Waals surface area contributed by atoms with Crippen molar-refractivity contribution in [2.24, 2.45) is 0 Å². The molecule has 0 aliphatic heterocycles. The summed E-state index contributed by atoms with van der Waals surface area (Å²) >= 11 is 0. The van der Waals surface area contributed by atoms with E-state index in [0.29, 0.717) is 17.2 Å². The molecule has 0 amide bonds. The quantitative estimate of drug-likeness (QED) is 0.169. The van der Waals surface area contributed by atoms with E-state index in [1.54, 1.807) is 0 Å². The van der Waals surface area contributed by atoms with E-state index in [1.165, 1.54) is 21.5 Å². The van der Waals surface area contributed by atoms with Crippen molar-refractivity contribution in [2.45, 2.75) is 58.5 Å². The van der Waals surface area contributed by atoms with E-state index in [-0.39, 0.29) is 46.5 Å². The largest absolute Gasteiger partial charge is 0.208 e. The van der Waals surface area contributed by atoms with E-state index in [1.807, 2.05) is 48.5 Å². The van der Waals surface area contributed by atoms with E-state index < -0.39 is 16.1 Å². The zero-order chi connectivity index (χ0) is 36.6. The van der Waals surface area contributed by atoms with Gasteiger partial charge >= 0.3 is 0 Å². The second kappa shape index (κ2) is 11.4. The van der Waals surface area contributed by atoms with Crippen LogP contribution in [-0.4, -0.2) is 31.1 Å². The molecule has 0 atom stereocenters. The SMILES string of the molecule is [2H]c1c([2H])c(-c2nc(-c3ccc([Si](C)(C)C)cc3)nc(-c3ccc([Si](C)(C)C)cc3)n2)c([2H])c([2H])c1-c1ccc2c(c1)C(C)(C)c1ccccc1-2. The lowest BCUT2D eigenvalue weighted by molar-refractivity contribution is 0.660. The Morgan fingerprint density at radius 2 is 0.894 bits per heavy atom. The Labute approximate surface area is 287 Å². The summed E-state index contributed by atoms with van der Waals surface area (Å²) in [5, 5.41) is 2.63.